The van der Waals surface area contributed by atoms with Gasteiger partial charge < -0.3 is 10.6 Å². The molecule has 1 amide bonds. The van der Waals surface area contributed by atoms with Crippen molar-refractivity contribution in [1.82, 2.24) is 0 Å². The average molecular weight is 273 g/mol. The van der Waals surface area contributed by atoms with Gasteiger partial charge in [-0.25, -0.2) is 0 Å². The van der Waals surface area contributed by atoms with Crippen LogP contribution in [0.4, 0.5) is 11.4 Å². The SMILES string of the molecule is Nc1cc(C(=O)N2CCc3ccccc32)ccc1Cl. The van der Waals surface area contributed by atoms with E-state index in [0.29, 0.717) is 22.8 Å². The molecule has 0 unspecified atom stereocenters. The second-order valence-electron chi connectivity index (χ2n) is 4.57. The second-order valence-corrected chi connectivity index (χ2v) is 4.98. The number of rotatable bonds is 1. The molecule has 0 aliphatic carbocycles. The van der Waals surface area contributed by atoms with Gasteiger partial charge in [0.1, 0.15) is 0 Å². The third kappa shape index (κ3) is 2.06. The van der Waals surface area contributed by atoms with E-state index < -0.39 is 0 Å². The van der Waals surface area contributed by atoms with Crippen molar-refractivity contribution in [1.29, 1.82) is 0 Å². The first-order valence-electron chi connectivity index (χ1n) is 6.11. The summed E-state index contributed by atoms with van der Waals surface area (Å²) >= 11 is 5.88. The number of nitrogens with two attached hydrogens (primary N) is 1. The number of benzene rings is 2. The van der Waals surface area contributed by atoms with Gasteiger partial charge in [-0.2, -0.15) is 0 Å². The minimum absolute atomic E-state index is 0.0340. The van der Waals surface area contributed by atoms with Crippen LogP contribution in [0.15, 0.2) is 42.5 Å². The number of nitrogens with zero attached hydrogens (tertiary/aromatic N) is 1. The number of nitrogen functional groups attached to an aromatic ring is 1. The Morgan fingerprint density at radius 3 is 2.79 bits per heavy atom. The summed E-state index contributed by atoms with van der Waals surface area (Å²) in [5, 5.41) is 0.471. The van der Waals surface area contributed by atoms with Crippen molar-refractivity contribution in [2.75, 3.05) is 17.2 Å². The fraction of sp³-hybridized carbons (Fsp3) is 0.133. The Labute approximate surface area is 116 Å². The van der Waals surface area contributed by atoms with Crippen molar-refractivity contribution in [3.05, 3.63) is 58.6 Å². The van der Waals surface area contributed by atoms with Gasteiger partial charge in [0.2, 0.25) is 0 Å². The molecule has 96 valence electrons. The number of para-hydroxylation sites is 1. The van der Waals surface area contributed by atoms with Gasteiger partial charge in [0.25, 0.3) is 5.91 Å². The number of halogens is 1. The summed E-state index contributed by atoms with van der Waals surface area (Å²) in [7, 11) is 0. The highest BCUT2D eigenvalue weighted by Gasteiger charge is 2.25. The van der Waals surface area contributed by atoms with Crippen molar-refractivity contribution in [2.45, 2.75) is 6.42 Å². The Hall–Kier alpha value is -2.00. The van der Waals surface area contributed by atoms with E-state index in [1.54, 1.807) is 23.1 Å². The summed E-state index contributed by atoms with van der Waals surface area (Å²) in [4.78, 5) is 14.3. The van der Waals surface area contributed by atoms with Crippen LogP contribution in [0.5, 0.6) is 0 Å². The number of amides is 1. The van der Waals surface area contributed by atoms with Crippen LogP contribution >= 0.6 is 11.6 Å². The maximum atomic E-state index is 12.5. The molecule has 0 radical (unpaired) electrons. The summed E-state index contributed by atoms with van der Waals surface area (Å²) in [5.74, 6) is -0.0340. The lowest BCUT2D eigenvalue weighted by Gasteiger charge is -2.17. The summed E-state index contributed by atoms with van der Waals surface area (Å²) in [6, 6.07) is 13.0. The van der Waals surface area contributed by atoms with E-state index in [1.165, 1.54) is 5.56 Å². The second kappa shape index (κ2) is 4.59. The number of fused-ring (bicyclic) bond motifs is 1. The first-order chi connectivity index (χ1) is 9.16. The van der Waals surface area contributed by atoms with Gasteiger partial charge in [0.05, 0.1) is 10.7 Å². The predicted octanol–water partition coefficient (Wildman–Crippen LogP) is 3.13. The van der Waals surface area contributed by atoms with Gasteiger partial charge in [0, 0.05) is 17.8 Å². The molecule has 0 bridgehead atoms. The normalized spacial score (nSPS) is 13.4. The summed E-state index contributed by atoms with van der Waals surface area (Å²) in [5.41, 5.74) is 8.94. The van der Waals surface area contributed by atoms with Gasteiger partial charge >= 0.3 is 0 Å². The van der Waals surface area contributed by atoms with Gasteiger partial charge in [0.15, 0.2) is 0 Å². The molecular formula is C15H13ClN2O. The quantitative estimate of drug-likeness (QED) is 0.811. The van der Waals surface area contributed by atoms with E-state index in [2.05, 4.69) is 6.07 Å². The van der Waals surface area contributed by atoms with Gasteiger partial charge in [-0.1, -0.05) is 29.8 Å². The highest BCUT2D eigenvalue weighted by atomic mass is 35.5. The van der Waals surface area contributed by atoms with E-state index in [-0.39, 0.29) is 5.91 Å². The highest BCUT2D eigenvalue weighted by molar-refractivity contribution is 6.33. The third-order valence-corrected chi connectivity index (χ3v) is 3.72. The molecule has 3 nitrogen and oxygen atoms in total. The lowest BCUT2D eigenvalue weighted by Crippen LogP contribution is -2.28. The number of carbonyl (C=O) groups excluding carboxylic acids is 1. The largest absolute Gasteiger partial charge is 0.398 e. The number of carbonyl (C=O) groups is 1. The van der Waals surface area contributed by atoms with Gasteiger partial charge in [-0.3, -0.25) is 4.79 Å². The van der Waals surface area contributed by atoms with Gasteiger partial charge in [-0.05, 0) is 36.2 Å². The van der Waals surface area contributed by atoms with Crippen molar-refractivity contribution >= 4 is 28.9 Å². The standard InChI is InChI=1S/C15H13ClN2O/c16-12-6-5-11(9-13(12)17)15(19)18-8-7-10-3-1-2-4-14(10)18/h1-6,9H,7-8,17H2. The fourth-order valence-corrected chi connectivity index (χ4v) is 2.50. The summed E-state index contributed by atoms with van der Waals surface area (Å²) < 4.78 is 0. The molecule has 1 aliphatic rings. The lowest BCUT2D eigenvalue weighted by molar-refractivity contribution is 0.0989. The maximum absolute atomic E-state index is 12.5. The smallest absolute Gasteiger partial charge is 0.258 e. The molecule has 0 aromatic heterocycles. The molecule has 0 saturated heterocycles. The Kier molecular flexibility index (Phi) is 2.91. The van der Waals surface area contributed by atoms with Gasteiger partial charge in [-0.15, -0.1) is 0 Å². The Morgan fingerprint density at radius 2 is 2.00 bits per heavy atom. The molecule has 4 heteroatoms. The first kappa shape index (κ1) is 12.1. The van der Waals surface area contributed by atoms with Crippen molar-refractivity contribution < 1.29 is 4.79 Å². The number of hydrogen-bond acceptors (Lipinski definition) is 2. The Morgan fingerprint density at radius 1 is 1.21 bits per heavy atom. The molecule has 0 atom stereocenters. The Balaban J connectivity index is 1.95. The van der Waals surface area contributed by atoms with Crippen molar-refractivity contribution in [3.8, 4) is 0 Å². The van der Waals surface area contributed by atoms with Crippen LogP contribution in [0.25, 0.3) is 0 Å². The van der Waals surface area contributed by atoms with E-state index >= 15 is 0 Å². The minimum atomic E-state index is -0.0340. The maximum Gasteiger partial charge on any atom is 0.258 e. The van der Waals surface area contributed by atoms with E-state index in [9.17, 15) is 4.79 Å². The molecule has 19 heavy (non-hydrogen) atoms. The molecule has 0 saturated carbocycles. The average Bonchev–Trinajstić information content (AvgIpc) is 2.85. The minimum Gasteiger partial charge on any atom is -0.398 e. The molecule has 0 fully saturated rings. The highest BCUT2D eigenvalue weighted by Crippen LogP contribution is 2.29. The Bertz CT molecular complexity index is 654. The molecule has 2 aromatic rings. The van der Waals surface area contributed by atoms with Crippen LogP contribution in [0.3, 0.4) is 0 Å². The molecule has 1 heterocycles. The monoisotopic (exact) mass is 272 g/mol. The van der Waals surface area contributed by atoms with Crippen LogP contribution < -0.4 is 10.6 Å². The van der Waals surface area contributed by atoms with Crippen LogP contribution in [-0.2, 0) is 6.42 Å². The van der Waals surface area contributed by atoms with Crippen LogP contribution in [0, 0.1) is 0 Å². The summed E-state index contributed by atoms with van der Waals surface area (Å²) in [6.45, 7) is 0.709. The predicted molar refractivity (Wildman–Crippen MR) is 77.7 cm³/mol. The van der Waals surface area contributed by atoms with Crippen molar-refractivity contribution in [2.24, 2.45) is 0 Å². The van der Waals surface area contributed by atoms with E-state index in [4.69, 9.17) is 17.3 Å². The summed E-state index contributed by atoms with van der Waals surface area (Å²) in [6.07, 6.45) is 0.894. The van der Waals surface area contributed by atoms with E-state index in [0.717, 1.165) is 12.1 Å². The van der Waals surface area contributed by atoms with E-state index in [1.807, 2.05) is 18.2 Å². The van der Waals surface area contributed by atoms with Crippen LogP contribution in [-0.4, -0.2) is 12.5 Å². The fourth-order valence-electron chi connectivity index (χ4n) is 2.38. The molecule has 2 aromatic carbocycles. The molecular weight excluding hydrogens is 260 g/mol. The number of hydrogen-bond donors (Lipinski definition) is 1. The van der Waals surface area contributed by atoms with Crippen LogP contribution in [0.2, 0.25) is 5.02 Å². The molecule has 1 aliphatic heterocycles. The molecule has 3 rings (SSSR count). The first-order valence-corrected chi connectivity index (χ1v) is 6.49. The number of anilines is 2. The zero-order chi connectivity index (χ0) is 13.4. The zero-order valence-electron chi connectivity index (χ0n) is 10.3. The lowest BCUT2D eigenvalue weighted by atomic mass is 10.1. The molecule has 0 spiro atoms. The van der Waals surface area contributed by atoms with Crippen LogP contribution in [0.1, 0.15) is 15.9 Å². The molecule has 2 N–H and O–H groups in total. The van der Waals surface area contributed by atoms with Crippen molar-refractivity contribution in [3.63, 3.8) is 0 Å². The third-order valence-electron chi connectivity index (χ3n) is 3.38. The topological polar surface area (TPSA) is 46.3 Å². The zero-order valence-corrected chi connectivity index (χ0v) is 11.0.